The van der Waals surface area contributed by atoms with E-state index in [1.54, 1.807) is 17.9 Å². The van der Waals surface area contributed by atoms with Crippen molar-refractivity contribution in [3.8, 4) is 0 Å². The maximum absolute atomic E-state index is 11.7. The molecule has 0 saturated carbocycles. The second kappa shape index (κ2) is 8.07. The van der Waals surface area contributed by atoms with Gasteiger partial charge in [0.15, 0.2) is 9.84 Å². The van der Waals surface area contributed by atoms with Crippen molar-refractivity contribution >= 4 is 27.6 Å². The van der Waals surface area contributed by atoms with Crippen LogP contribution in [0.4, 0.5) is 16.4 Å². The van der Waals surface area contributed by atoms with Gasteiger partial charge < -0.3 is 20.3 Å². The van der Waals surface area contributed by atoms with Gasteiger partial charge in [-0.1, -0.05) is 0 Å². The van der Waals surface area contributed by atoms with Crippen LogP contribution in [0.25, 0.3) is 0 Å². The summed E-state index contributed by atoms with van der Waals surface area (Å²) in [5, 5.41) is 6.54. The van der Waals surface area contributed by atoms with Crippen LogP contribution >= 0.6 is 0 Å². The molecule has 144 valence electrons. The number of amides is 1. The molecule has 2 saturated heterocycles. The lowest BCUT2D eigenvalue weighted by Gasteiger charge is -2.31. The van der Waals surface area contributed by atoms with Crippen molar-refractivity contribution in [2.45, 2.75) is 38.3 Å². The Labute approximate surface area is 153 Å². The molecule has 0 aromatic carbocycles. The molecule has 26 heavy (non-hydrogen) atoms. The van der Waals surface area contributed by atoms with Gasteiger partial charge in [-0.25, -0.2) is 23.2 Å². The van der Waals surface area contributed by atoms with E-state index >= 15 is 0 Å². The SMILES string of the molecule is CCOC(=O)N1CCC(Nc2cc(NC3CCS(=O)(=O)C3)ncn2)CC1. The summed E-state index contributed by atoms with van der Waals surface area (Å²) in [6.45, 7) is 3.48. The number of sulfone groups is 1. The summed E-state index contributed by atoms with van der Waals surface area (Å²) < 4.78 is 28.1. The van der Waals surface area contributed by atoms with Crippen LogP contribution in [0.5, 0.6) is 0 Å². The third-order valence-corrected chi connectivity index (χ3v) is 6.39. The van der Waals surface area contributed by atoms with Gasteiger partial charge in [-0.3, -0.25) is 0 Å². The van der Waals surface area contributed by atoms with Crippen molar-refractivity contribution in [3.05, 3.63) is 12.4 Å². The average molecular weight is 383 g/mol. The molecule has 2 N–H and O–H groups in total. The Morgan fingerprint density at radius 1 is 1.19 bits per heavy atom. The highest BCUT2D eigenvalue weighted by Crippen LogP contribution is 2.20. The lowest BCUT2D eigenvalue weighted by atomic mass is 10.1. The number of aromatic nitrogens is 2. The number of hydrogen-bond acceptors (Lipinski definition) is 8. The van der Waals surface area contributed by atoms with Crippen LogP contribution in [0.15, 0.2) is 12.4 Å². The number of carbonyl (C=O) groups is 1. The molecule has 3 rings (SSSR count). The summed E-state index contributed by atoms with van der Waals surface area (Å²) in [5.41, 5.74) is 0. The first-order valence-corrected chi connectivity index (χ1v) is 10.7. The molecule has 0 bridgehead atoms. The Morgan fingerprint density at radius 2 is 1.85 bits per heavy atom. The monoisotopic (exact) mass is 383 g/mol. The van der Waals surface area contributed by atoms with Gasteiger partial charge in [0.25, 0.3) is 0 Å². The lowest BCUT2D eigenvalue weighted by Crippen LogP contribution is -2.42. The number of rotatable bonds is 5. The third-order valence-electron chi connectivity index (χ3n) is 4.62. The summed E-state index contributed by atoms with van der Waals surface area (Å²) in [6.07, 6.45) is 3.42. The predicted molar refractivity (Wildman–Crippen MR) is 98.0 cm³/mol. The first-order chi connectivity index (χ1) is 12.4. The largest absolute Gasteiger partial charge is 0.450 e. The molecule has 10 heteroatoms. The topological polar surface area (TPSA) is 114 Å². The highest BCUT2D eigenvalue weighted by atomic mass is 32.2. The normalized spacial score (nSPS) is 22.8. The summed E-state index contributed by atoms with van der Waals surface area (Å²) in [5.74, 6) is 1.68. The Bertz CT molecular complexity index is 734. The zero-order chi connectivity index (χ0) is 18.6. The zero-order valence-corrected chi connectivity index (χ0v) is 15.7. The maximum Gasteiger partial charge on any atom is 0.409 e. The molecule has 3 heterocycles. The first kappa shape index (κ1) is 18.7. The first-order valence-electron chi connectivity index (χ1n) is 8.92. The summed E-state index contributed by atoms with van der Waals surface area (Å²) >= 11 is 0. The predicted octanol–water partition coefficient (Wildman–Crippen LogP) is 1.11. The van der Waals surface area contributed by atoms with Crippen molar-refractivity contribution in [2.75, 3.05) is 41.8 Å². The molecule has 9 nitrogen and oxygen atoms in total. The minimum atomic E-state index is -2.93. The molecule has 2 fully saturated rings. The Balaban J connectivity index is 1.51. The van der Waals surface area contributed by atoms with Gasteiger partial charge in [-0.2, -0.15) is 0 Å². The van der Waals surface area contributed by atoms with Gasteiger partial charge >= 0.3 is 6.09 Å². The van der Waals surface area contributed by atoms with Crippen molar-refractivity contribution in [3.63, 3.8) is 0 Å². The average Bonchev–Trinajstić information content (AvgIpc) is 2.94. The number of piperidine rings is 1. The lowest BCUT2D eigenvalue weighted by molar-refractivity contribution is 0.0983. The van der Waals surface area contributed by atoms with E-state index in [2.05, 4.69) is 20.6 Å². The van der Waals surface area contributed by atoms with Gasteiger partial charge in [-0.15, -0.1) is 0 Å². The van der Waals surface area contributed by atoms with Crippen molar-refractivity contribution in [2.24, 2.45) is 0 Å². The molecule has 1 aromatic heterocycles. The van der Waals surface area contributed by atoms with Crippen LogP contribution in [0.2, 0.25) is 0 Å². The van der Waals surface area contributed by atoms with Crippen molar-refractivity contribution in [1.29, 1.82) is 0 Å². The molecule has 0 spiro atoms. The van der Waals surface area contributed by atoms with Crippen LogP contribution < -0.4 is 10.6 Å². The van der Waals surface area contributed by atoms with Crippen LogP contribution in [0, 0.1) is 0 Å². The fraction of sp³-hybridized carbons (Fsp3) is 0.688. The van der Waals surface area contributed by atoms with Gasteiger partial charge in [0.1, 0.15) is 18.0 Å². The van der Waals surface area contributed by atoms with E-state index in [0.717, 1.165) is 12.8 Å². The van der Waals surface area contributed by atoms with Crippen LogP contribution in [0.3, 0.4) is 0 Å². The molecule has 2 aliphatic heterocycles. The number of nitrogens with one attached hydrogen (secondary N) is 2. The van der Waals surface area contributed by atoms with E-state index in [4.69, 9.17) is 4.74 Å². The molecule has 1 aromatic rings. The molecule has 2 aliphatic rings. The van der Waals surface area contributed by atoms with Crippen LogP contribution in [-0.2, 0) is 14.6 Å². The zero-order valence-electron chi connectivity index (χ0n) is 14.8. The molecular formula is C16H25N5O4S. The third kappa shape index (κ3) is 4.96. The Morgan fingerprint density at radius 3 is 2.42 bits per heavy atom. The van der Waals surface area contributed by atoms with Gasteiger partial charge in [-0.05, 0) is 26.2 Å². The van der Waals surface area contributed by atoms with E-state index in [9.17, 15) is 13.2 Å². The van der Waals surface area contributed by atoms with Gasteiger partial charge in [0.05, 0.1) is 18.1 Å². The van der Waals surface area contributed by atoms with Gasteiger partial charge in [0.2, 0.25) is 0 Å². The molecule has 0 radical (unpaired) electrons. The minimum Gasteiger partial charge on any atom is -0.450 e. The number of hydrogen-bond donors (Lipinski definition) is 2. The molecular weight excluding hydrogens is 358 g/mol. The smallest absolute Gasteiger partial charge is 0.409 e. The van der Waals surface area contributed by atoms with E-state index in [1.807, 2.05) is 0 Å². The minimum absolute atomic E-state index is 0.101. The molecule has 1 amide bonds. The molecule has 0 aliphatic carbocycles. The number of likely N-dealkylation sites (tertiary alicyclic amines) is 1. The maximum atomic E-state index is 11.7. The highest BCUT2D eigenvalue weighted by molar-refractivity contribution is 7.91. The number of ether oxygens (including phenoxy) is 1. The summed E-state index contributed by atoms with van der Waals surface area (Å²) in [7, 11) is -2.93. The van der Waals surface area contributed by atoms with E-state index in [-0.39, 0.29) is 29.7 Å². The Kier molecular flexibility index (Phi) is 5.80. The fourth-order valence-electron chi connectivity index (χ4n) is 3.26. The van der Waals surface area contributed by atoms with Crippen molar-refractivity contribution in [1.82, 2.24) is 14.9 Å². The molecule has 1 unspecified atom stereocenters. The summed E-state index contributed by atoms with van der Waals surface area (Å²) in [4.78, 5) is 21.9. The number of nitrogens with zero attached hydrogens (tertiary/aromatic N) is 3. The van der Waals surface area contributed by atoms with Crippen molar-refractivity contribution < 1.29 is 17.9 Å². The summed E-state index contributed by atoms with van der Waals surface area (Å²) in [6, 6.07) is 1.91. The van der Waals surface area contributed by atoms with E-state index in [1.165, 1.54) is 6.33 Å². The number of anilines is 2. The van der Waals surface area contributed by atoms with Gasteiger partial charge in [0, 0.05) is 31.2 Å². The number of carbonyl (C=O) groups excluding carboxylic acids is 1. The standard InChI is InChI=1S/C16H25N5O4S/c1-2-25-16(22)21-6-3-12(4-7-21)19-14-9-15(18-11-17-14)20-13-5-8-26(23,24)10-13/h9,11-13H,2-8,10H2,1H3,(H2,17,18,19,20). The fourth-order valence-corrected chi connectivity index (χ4v) is 4.94. The van der Waals surface area contributed by atoms with Crippen LogP contribution in [0.1, 0.15) is 26.2 Å². The second-order valence-corrected chi connectivity index (χ2v) is 8.87. The second-order valence-electron chi connectivity index (χ2n) is 6.64. The quantitative estimate of drug-likeness (QED) is 0.777. The van der Waals surface area contributed by atoms with E-state index in [0.29, 0.717) is 37.8 Å². The van der Waals surface area contributed by atoms with E-state index < -0.39 is 9.84 Å². The Hall–Kier alpha value is -2.10. The molecule has 1 atom stereocenters. The highest BCUT2D eigenvalue weighted by Gasteiger charge is 2.28. The van der Waals surface area contributed by atoms with Crippen LogP contribution in [-0.4, -0.2) is 72.7 Å².